The first-order chi connectivity index (χ1) is 15.1. The molecule has 1 atom stereocenters. The minimum Gasteiger partial charge on any atom is -0.351 e. The number of carbonyl (C=O) groups excluding carboxylic acids is 2. The van der Waals surface area contributed by atoms with Gasteiger partial charge in [0.05, 0.1) is 17.0 Å². The third-order valence-corrected chi connectivity index (χ3v) is 5.89. The van der Waals surface area contributed by atoms with Gasteiger partial charge in [-0.25, -0.2) is 4.98 Å². The molecule has 0 aliphatic carbocycles. The van der Waals surface area contributed by atoms with Crippen LogP contribution in [0.1, 0.15) is 23.5 Å². The summed E-state index contributed by atoms with van der Waals surface area (Å²) < 4.78 is 1.97. The normalized spacial score (nSPS) is 15.4. The number of rotatable bonds is 4. The molecule has 1 aliphatic rings. The van der Waals surface area contributed by atoms with Crippen molar-refractivity contribution in [3.8, 4) is 5.69 Å². The van der Waals surface area contributed by atoms with Crippen LogP contribution in [-0.4, -0.2) is 21.4 Å². The van der Waals surface area contributed by atoms with E-state index < -0.39 is 5.92 Å². The van der Waals surface area contributed by atoms with Crippen molar-refractivity contribution < 1.29 is 9.59 Å². The first-order valence-corrected chi connectivity index (χ1v) is 10.4. The molecular weight excluding hydrogens is 412 g/mol. The van der Waals surface area contributed by atoms with Crippen molar-refractivity contribution >= 4 is 40.1 Å². The molecule has 0 radical (unpaired) electrons. The Morgan fingerprint density at radius 3 is 2.81 bits per heavy atom. The Morgan fingerprint density at radius 1 is 1.13 bits per heavy atom. The van der Waals surface area contributed by atoms with E-state index in [-0.39, 0.29) is 24.8 Å². The molecule has 0 unspecified atom stereocenters. The number of imidazole rings is 1. The van der Waals surface area contributed by atoms with Gasteiger partial charge in [-0.15, -0.1) is 0 Å². The number of nitrogens with zero attached hydrogens (tertiary/aromatic N) is 2. The van der Waals surface area contributed by atoms with E-state index in [1.165, 1.54) is 0 Å². The van der Waals surface area contributed by atoms with Gasteiger partial charge in [0.1, 0.15) is 6.33 Å². The van der Waals surface area contributed by atoms with Crippen LogP contribution < -0.4 is 10.6 Å². The Morgan fingerprint density at radius 2 is 1.94 bits per heavy atom. The molecule has 2 amide bonds. The smallest absolute Gasteiger partial charge is 0.228 e. The van der Waals surface area contributed by atoms with Crippen molar-refractivity contribution in [3.05, 3.63) is 89.2 Å². The number of fused-ring (bicyclic) bond motifs is 2. The molecule has 3 aromatic carbocycles. The molecule has 6 nitrogen and oxygen atoms in total. The van der Waals surface area contributed by atoms with Crippen LogP contribution in [0.25, 0.3) is 16.7 Å². The summed E-state index contributed by atoms with van der Waals surface area (Å²) in [4.78, 5) is 29.3. The number of hydrogen-bond acceptors (Lipinski definition) is 3. The zero-order chi connectivity index (χ0) is 21.4. The van der Waals surface area contributed by atoms with E-state index in [4.69, 9.17) is 11.6 Å². The Bertz CT molecular complexity index is 1310. The topological polar surface area (TPSA) is 76.0 Å². The van der Waals surface area contributed by atoms with Crippen LogP contribution in [0.4, 0.5) is 5.69 Å². The number of anilines is 1. The molecule has 1 aromatic heterocycles. The minimum atomic E-state index is -0.514. The molecule has 0 saturated heterocycles. The molecule has 0 bridgehead atoms. The van der Waals surface area contributed by atoms with Gasteiger partial charge in [0, 0.05) is 29.4 Å². The van der Waals surface area contributed by atoms with Gasteiger partial charge < -0.3 is 10.6 Å². The van der Waals surface area contributed by atoms with Gasteiger partial charge in [0.25, 0.3) is 0 Å². The SMILES string of the molecule is O=C1C[C@@H](C(=O)NCc2ccc(-n3cnc4ccccc43)cc2Cl)c2ccccc2N1. The Balaban J connectivity index is 1.33. The van der Waals surface area contributed by atoms with Crippen molar-refractivity contribution in [2.24, 2.45) is 0 Å². The second-order valence-corrected chi connectivity index (χ2v) is 7.90. The first kappa shape index (κ1) is 19.3. The number of benzene rings is 3. The van der Waals surface area contributed by atoms with Gasteiger partial charge in [-0.2, -0.15) is 0 Å². The quantitative estimate of drug-likeness (QED) is 0.503. The predicted molar refractivity (Wildman–Crippen MR) is 120 cm³/mol. The molecular formula is C24H19ClN4O2. The number of carbonyl (C=O) groups is 2. The van der Waals surface area contributed by atoms with E-state index in [9.17, 15) is 9.59 Å². The summed E-state index contributed by atoms with van der Waals surface area (Å²) in [6.45, 7) is 0.281. The van der Waals surface area contributed by atoms with E-state index >= 15 is 0 Å². The van der Waals surface area contributed by atoms with Crippen molar-refractivity contribution in [2.45, 2.75) is 18.9 Å². The zero-order valence-electron chi connectivity index (χ0n) is 16.5. The second-order valence-electron chi connectivity index (χ2n) is 7.49. The van der Waals surface area contributed by atoms with Crippen molar-refractivity contribution in [3.63, 3.8) is 0 Å². The average Bonchev–Trinajstić information content (AvgIpc) is 3.21. The molecule has 154 valence electrons. The number of hydrogen-bond donors (Lipinski definition) is 2. The van der Waals surface area contributed by atoms with Crippen LogP contribution in [0.5, 0.6) is 0 Å². The summed E-state index contributed by atoms with van der Waals surface area (Å²) in [5, 5.41) is 6.30. The van der Waals surface area contributed by atoms with Crippen LogP contribution in [0.3, 0.4) is 0 Å². The van der Waals surface area contributed by atoms with Gasteiger partial charge in [0.2, 0.25) is 11.8 Å². The summed E-state index contributed by atoms with van der Waals surface area (Å²) in [6.07, 6.45) is 1.90. The molecule has 1 aliphatic heterocycles. The summed E-state index contributed by atoms with van der Waals surface area (Å²) in [5.41, 5.74) is 5.12. The highest BCUT2D eigenvalue weighted by Crippen LogP contribution is 2.32. The lowest BCUT2D eigenvalue weighted by Crippen LogP contribution is -2.34. The summed E-state index contributed by atoms with van der Waals surface area (Å²) in [6, 6.07) is 21.0. The zero-order valence-corrected chi connectivity index (χ0v) is 17.3. The van der Waals surface area contributed by atoms with Crippen LogP contribution in [0.15, 0.2) is 73.1 Å². The van der Waals surface area contributed by atoms with E-state index in [0.29, 0.717) is 10.7 Å². The number of amides is 2. The molecule has 7 heteroatoms. The first-order valence-electron chi connectivity index (χ1n) is 9.97. The predicted octanol–water partition coefficient (Wildman–Crippen LogP) is 4.42. The van der Waals surface area contributed by atoms with E-state index in [0.717, 1.165) is 27.8 Å². The molecule has 31 heavy (non-hydrogen) atoms. The number of halogens is 1. The second kappa shape index (κ2) is 7.89. The maximum absolute atomic E-state index is 12.8. The molecule has 2 N–H and O–H groups in total. The fourth-order valence-electron chi connectivity index (χ4n) is 3.95. The van der Waals surface area contributed by atoms with Gasteiger partial charge in [-0.05, 0) is 41.5 Å². The van der Waals surface area contributed by atoms with Crippen molar-refractivity contribution in [1.29, 1.82) is 0 Å². The number of nitrogens with one attached hydrogen (secondary N) is 2. The van der Waals surface area contributed by atoms with Gasteiger partial charge in [-0.1, -0.05) is 48.0 Å². The highest BCUT2D eigenvalue weighted by atomic mass is 35.5. The van der Waals surface area contributed by atoms with Crippen LogP contribution in [-0.2, 0) is 16.1 Å². The lowest BCUT2D eigenvalue weighted by molar-refractivity contribution is -0.126. The number of para-hydroxylation sites is 3. The summed E-state index contributed by atoms with van der Waals surface area (Å²) in [5.74, 6) is -0.864. The molecule has 4 aromatic rings. The fraction of sp³-hybridized carbons (Fsp3) is 0.125. The molecule has 0 spiro atoms. The average molecular weight is 431 g/mol. The molecule has 0 fully saturated rings. The molecule has 0 saturated carbocycles. The largest absolute Gasteiger partial charge is 0.351 e. The van der Waals surface area contributed by atoms with Crippen molar-refractivity contribution in [1.82, 2.24) is 14.9 Å². The highest BCUT2D eigenvalue weighted by molar-refractivity contribution is 6.31. The summed E-state index contributed by atoms with van der Waals surface area (Å²) in [7, 11) is 0. The lowest BCUT2D eigenvalue weighted by atomic mass is 9.90. The van der Waals surface area contributed by atoms with Crippen LogP contribution >= 0.6 is 11.6 Å². The summed E-state index contributed by atoms with van der Waals surface area (Å²) >= 11 is 6.52. The van der Waals surface area contributed by atoms with Gasteiger partial charge in [-0.3, -0.25) is 14.2 Å². The third kappa shape index (κ3) is 3.66. The number of aromatic nitrogens is 2. The van der Waals surface area contributed by atoms with E-state index in [2.05, 4.69) is 15.6 Å². The maximum atomic E-state index is 12.8. The van der Waals surface area contributed by atoms with Crippen LogP contribution in [0, 0.1) is 0 Å². The molecule has 5 rings (SSSR count). The standard InChI is InChI=1S/C24H19ClN4O2/c25-19-11-16(29-14-27-21-7-3-4-8-22(21)29)10-9-15(19)13-26-24(31)18-12-23(30)28-20-6-2-1-5-17(18)20/h1-11,14,18H,12-13H2,(H,26,31)(H,28,30)/t18-/m1/s1. The Hall–Kier alpha value is -3.64. The van der Waals surface area contributed by atoms with Crippen molar-refractivity contribution in [2.75, 3.05) is 5.32 Å². The lowest BCUT2D eigenvalue weighted by Gasteiger charge is -2.24. The molecule has 2 heterocycles. The van der Waals surface area contributed by atoms with Gasteiger partial charge >= 0.3 is 0 Å². The van der Waals surface area contributed by atoms with Crippen LogP contribution in [0.2, 0.25) is 5.02 Å². The minimum absolute atomic E-state index is 0.128. The Kier molecular flexibility index (Phi) is 4.92. The highest BCUT2D eigenvalue weighted by Gasteiger charge is 2.30. The fourth-order valence-corrected chi connectivity index (χ4v) is 4.19. The maximum Gasteiger partial charge on any atom is 0.228 e. The van der Waals surface area contributed by atoms with Gasteiger partial charge in [0.15, 0.2) is 0 Å². The monoisotopic (exact) mass is 430 g/mol. The van der Waals surface area contributed by atoms with E-state index in [1.54, 1.807) is 6.33 Å². The third-order valence-electron chi connectivity index (χ3n) is 5.54. The Labute approximate surface area is 183 Å². The van der Waals surface area contributed by atoms with E-state index in [1.807, 2.05) is 71.3 Å².